The van der Waals surface area contributed by atoms with E-state index >= 15 is 0 Å². The molecule has 0 saturated carbocycles. The van der Waals surface area contributed by atoms with Crippen LogP contribution in [0.4, 0.5) is 4.20 Å². The summed E-state index contributed by atoms with van der Waals surface area (Å²) in [6.07, 6.45) is 1.14. The topological polar surface area (TPSA) is 147 Å². The van der Waals surface area contributed by atoms with Gasteiger partial charge in [-0.05, 0) is 19.4 Å². The first-order valence-corrected chi connectivity index (χ1v) is 5.12. The van der Waals surface area contributed by atoms with Gasteiger partial charge in [-0.1, -0.05) is 0 Å². The minimum atomic E-state index is -5.14. The molecule has 0 amide bonds. The van der Waals surface area contributed by atoms with Crippen molar-refractivity contribution in [2.45, 2.75) is 18.9 Å². The summed E-state index contributed by atoms with van der Waals surface area (Å²) >= 11 is 0. The number of hydrogen-bond acceptors (Lipinski definition) is 4. The van der Waals surface area contributed by atoms with Gasteiger partial charge in [0.05, 0.1) is 0 Å². The zero-order valence-corrected chi connectivity index (χ0v) is 8.23. The van der Waals surface area contributed by atoms with E-state index in [0.717, 1.165) is 0 Å². The predicted octanol–water partition coefficient (Wildman–Crippen LogP) is -0.814. The molecule has 0 fully saturated rings. The molecule has 0 aromatic heterocycles. The van der Waals surface area contributed by atoms with Crippen molar-refractivity contribution in [3.05, 3.63) is 0 Å². The standard InChI is InChI=1S/C5H12N2O2.FH2O3P/c6-3-1-2-4(7)5(8)9;1-5(2,3)4/h4H,1-3,6-7H2,(H,8,9);(H2,2,3,4). The van der Waals surface area contributed by atoms with Crippen molar-refractivity contribution in [1.82, 2.24) is 0 Å². The molecule has 0 aliphatic rings. The van der Waals surface area contributed by atoms with Crippen molar-refractivity contribution in [3.63, 3.8) is 0 Å². The summed E-state index contributed by atoms with van der Waals surface area (Å²) in [5.41, 5.74) is 10.3. The number of aliphatic carboxylic acids is 1. The Labute approximate surface area is 80.2 Å². The van der Waals surface area contributed by atoms with Gasteiger partial charge in [0.15, 0.2) is 0 Å². The average Bonchev–Trinajstić information content (AvgIpc) is 1.96. The lowest BCUT2D eigenvalue weighted by molar-refractivity contribution is -0.138. The van der Waals surface area contributed by atoms with Gasteiger partial charge < -0.3 is 16.6 Å². The zero-order chi connectivity index (χ0) is 11.8. The third kappa shape index (κ3) is 22.5. The molecule has 0 rings (SSSR count). The Balaban J connectivity index is 0. The van der Waals surface area contributed by atoms with Crippen LogP contribution in [0.15, 0.2) is 0 Å². The van der Waals surface area contributed by atoms with E-state index in [-0.39, 0.29) is 0 Å². The number of carboxylic acids is 1. The molecule has 0 radical (unpaired) electrons. The van der Waals surface area contributed by atoms with Crippen LogP contribution in [0.3, 0.4) is 0 Å². The van der Waals surface area contributed by atoms with Crippen LogP contribution in [0, 0.1) is 0 Å². The van der Waals surface area contributed by atoms with Gasteiger partial charge in [-0.15, -0.1) is 4.20 Å². The van der Waals surface area contributed by atoms with Crippen LogP contribution in [0.5, 0.6) is 0 Å². The highest BCUT2D eigenvalue weighted by Gasteiger charge is 2.08. The van der Waals surface area contributed by atoms with E-state index in [1.54, 1.807) is 0 Å². The van der Waals surface area contributed by atoms with Gasteiger partial charge in [-0.25, -0.2) is 4.57 Å². The van der Waals surface area contributed by atoms with Gasteiger partial charge in [-0.3, -0.25) is 14.6 Å². The SMILES string of the molecule is NCCCC(N)C(=O)O.O=P(O)(O)F. The van der Waals surface area contributed by atoms with E-state index in [4.69, 9.17) is 30.9 Å². The van der Waals surface area contributed by atoms with E-state index < -0.39 is 19.9 Å². The molecule has 0 aromatic carbocycles. The molecule has 0 aromatic rings. The summed E-state index contributed by atoms with van der Waals surface area (Å²) in [6.45, 7) is 0.501. The van der Waals surface area contributed by atoms with Crippen LogP contribution in [0.1, 0.15) is 12.8 Å². The predicted molar refractivity (Wildman–Crippen MR) is 47.1 cm³/mol. The Morgan fingerprint density at radius 2 is 1.86 bits per heavy atom. The zero-order valence-electron chi connectivity index (χ0n) is 7.34. The second-order valence-electron chi connectivity index (χ2n) is 2.35. The fourth-order valence-electron chi connectivity index (χ4n) is 0.461. The monoisotopic (exact) mass is 232 g/mol. The third-order valence-corrected chi connectivity index (χ3v) is 1.04. The van der Waals surface area contributed by atoms with Crippen LogP contribution in [-0.2, 0) is 9.36 Å². The van der Waals surface area contributed by atoms with Crippen molar-refractivity contribution in [2.75, 3.05) is 6.54 Å². The minimum Gasteiger partial charge on any atom is -0.480 e. The van der Waals surface area contributed by atoms with Crippen LogP contribution in [0.2, 0.25) is 0 Å². The van der Waals surface area contributed by atoms with Gasteiger partial charge in [0.1, 0.15) is 6.04 Å². The summed E-state index contributed by atoms with van der Waals surface area (Å²) in [6, 6.07) is -0.742. The second-order valence-corrected chi connectivity index (χ2v) is 3.29. The normalized spacial score (nSPS) is 12.6. The van der Waals surface area contributed by atoms with Crippen molar-refractivity contribution in [1.29, 1.82) is 0 Å². The molecule has 7 N–H and O–H groups in total. The van der Waals surface area contributed by atoms with Gasteiger partial charge in [0, 0.05) is 0 Å². The molecule has 1 unspecified atom stereocenters. The molecule has 0 aliphatic carbocycles. The summed E-state index contributed by atoms with van der Waals surface area (Å²) in [7, 11) is -5.14. The lowest BCUT2D eigenvalue weighted by atomic mass is 10.2. The molecule has 7 nitrogen and oxygen atoms in total. The lowest BCUT2D eigenvalue weighted by Gasteiger charge is -2.02. The van der Waals surface area contributed by atoms with Crippen molar-refractivity contribution >= 4 is 13.9 Å². The maximum Gasteiger partial charge on any atom is 0.507 e. The van der Waals surface area contributed by atoms with Gasteiger partial charge in [0.25, 0.3) is 0 Å². The maximum absolute atomic E-state index is 10.4. The highest BCUT2D eigenvalue weighted by atomic mass is 31.2. The Bertz CT molecular complexity index is 200. The summed E-state index contributed by atoms with van der Waals surface area (Å²) in [5.74, 6) is -0.955. The third-order valence-electron chi connectivity index (χ3n) is 1.04. The Morgan fingerprint density at radius 1 is 1.50 bits per heavy atom. The molecular formula is C5H14FN2O5P. The summed E-state index contributed by atoms with van der Waals surface area (Å²) in [4.78, 5) is 24.0. The number of halogens is 1. The van der Waals surface area contributed by atoms with Gasteiger partial charge >= 0.3 is 13.9 Å². The van der Waals surface area contributed by atoms with Crippen molar-refractivity contribution in [3.8, 4) is 0 Å². The highest BCUT2D eigenvalue weighted by molar-refractivity contribution is 7.45. The first kappa shape index (κ1) is 15.9. The quantitative estimate of drug-likeness (QED) is 0.398. The molecule has 9 heteroatoms. The average molecular weight is 232 g/mol. The number of carbonyl (C=O) groups is 1. The van der Waals surface area contributed by atoms with Crippen LogP contribution >= 0.6 is 7.91 Å². The molecule has 0 aliphatic heterocycles. The molecule has 0 heterocycles. The highest BCUT2D eigenvalue weighted by Crippen LogP contribution is 2.34. The Morgan fingerprint density at radius 3 is 2.07 bits per heavy atom. The van der Waals surface area contributed by atoms with E-state index in [0.29, 0.717) is 19.4 Å². The molecular weight excluding hydrogens is 218 g/mol. The first-order chi connectivity index (χ1) is 6.18. The van der Waals surface area contributed by atoms with Crippen molar-refractivity contribution < 1.29 is 28.4 Å². The number of rotatable bonds is 4. The molecule has 14 heavy (non-hydrogen) atoms. The largest absolute Gasteiger partial charge is 0.507 e. The molecule has 1 atom stereocenters. The van der Waals surface area contributed by atoms with E-state index in [1.165, 1.54) is 0 Å². The minimum absolute atomic E-state index is 0.464. The van der Waals surface area contributed by atoms with Crippen LogP contribution in [-0.4, -0.2) is 33.4 Å². The fourth-order valence-corrected chi connectivity index (χ4v) is 0.461. The lowest BCUT2D eigenvalue weighted by Crippen LogP contribution is -2.30. The number of hydrogen-bond donors (Lipinski definition) is 5. The molecule has 86 valence electrons. The van der Waals surface area contributed by atoms with Crippen molar-refractivity contribution in [2.24, 2.45) is 11.5 Å². The smallest absolute Gasteiger partial charge is 0.480 e. The van der Waals surface area contributed by atoms with Gasteiger partial charge in [0.2, 0.25) is 0 Å². The first-order valence-electron chi connectivity index (χ1n) is 3.62. The van der Waals surface area contributed by atoms with E-state index in [1.807, 2.05) is 0 Å². The Hall–Kier alpha value is -0.530. The summed E-state index contributed by atoms with van der Waals surface area (Å²) in [5, 5.41) is 8.24. The Kier molecular flexibility index (Phi) is 8.91. The number of carboxylic acid groups (broad SMARTS) is 1. The molecule has 0 spiro atoms. The van der Waals surface area contributed by atoms with E-state index in [2.05, 4.69) is 0 Å². The second kappa shape index (κ2) is 7.84. The van der Waals surface area contributed by atoms with Gasteiger partial charge in [-0.2, -0.15) is 0 Å². The summed E-state index contributed by atoms with van der Waals surface area (Å²) < 4.78 is 19.0. The van der Waals surface area contributed by atoms with Crippen LogP contribution in [0.25, 0.3) is 0 Å². The molecule has 0 bridgehead atoms. The fraction of sp³-hybridized carbons (Fsp3) is 0.800. The van der Waals surface area contributed by atoms with Crippen LogP contribution < -0.4 is 11.5 Å². The molecule has 0 saturated heterocycles. The number of nitrogens with two attached hydrogens (primary N) is 2. The maximum atomic E-state index is 10.4. The van der Waals surface area contributed by atoms with E-state index in [9.17, 15) is 8.99 Å².